The summed E-state index contributed by atoms with van der Waals surface area (Å²) in [7, 11) is 0. The number of aromatic nitrogens is 2. The van der Waals surface area contributed by atoms with Crippen molar-refractivity contribution in [1.29, 1.82) is 0 Å². The third-order valence-corrected chi connectivity index (χ3v) is 3.30. The lowest BCUT2D eigenvalue weighted by atomic mass is 10.1. The fraction of sp³-hybridized carbons (Fsp3) is 0.636. The standard InChI is InChI=1S/C11H19N3OS/c1-9(2)14-11(3,7-15)8-16-10-12-5-4-6-13-10/h4-6,9,14-15H,7-8H2,1-3H3. The Balaban J connectivity index is 2.51. The number of thioether (sulfide) groups is 1. The summed E-state index contributed by atoms with van der Waals surface area (Å²) in [5.74, 6) is 0.742. The van der Waals surface area contributed by atoms with Gasteiger partial charge in [0.05, 0.1) is 6.61 Å². The van der Waals surface area contributed by atoms with Crippen LogP contribution in [0.4, 0.5) is 0 Å². The Labute approximate surface area is 101 Å². The summed E-state index contributed by atoms with van der Waals surface area (Å²) in [6.07, 6.45) is 3.45. The Kier molecular flexibility index (Phi) is 5.18. The molecule has 0 aromatic carbocycles. The van der Waals surface area contributed by atoms with E-state index in [2.05, 4.69) is 29.1 Å². The molecule has 1 rings (SSSR count). The highest BCUT2D eigenvalue weighted by atomic mass is 32.2. The highest BCUT2D eigenvalue weighted by molar-refractivity contribution is 7.99. The number of rotatable bonds is 6. The van der Waals surface area contributed by atoms with Gasteiger partial charge in [-0.15, -0.1) is 0 Å². The fourth-order valence-corrected chi connectivity index (χ4v) is 2.31. The van der Waals surface area contributed by atoms with Crippen LogP contribution in [0.2, 0.25) is 0 Å². The van der Waals surface area contributed by atoms with Crippen LogP contribution < -0.4 is 5.32 Å². The van der Waals surface area contributed by atoms with Crippen molar-refractivity contribution in [2.24, 2.45) is 0 Å². The maximum Gasteiger partial charge on any atom is 0.187 e. The molecule has 0 saturated carbocycles. The van der Waals surface area contributed by atoms with Gasteiger partial charge in [0, 0.05) is 29.7 Å². The average molecular weight is 241 g/mol. The Bertz CT molecular complexity index is 307. The van der Waals surface area contributed by atoms with Crippen LogP contribution in [-0.4, -0.2) is 39.0 Å². The van der Waals surface area contributed by atoms with Crippen molar-refractivity contribution in [2.45, 2.75) is 37.5 Å². The molecule has 0 bridgehead atoms. The van der Waals surface area contributed by atoms with Crippen LogP contribution >= 0.6 is 11.8 Å². The van der Waals surface area contributed by atoms with Gasteiger partial charge in [0.25, 0.3) is 0 Å². The molecule has 1 aromatic heterocycles. The molecule has 0 amide bonds. The zero-order chi connectivity index (χ0) is 12.0. The molecule has 4 nitrogen and oxygen atoms in total. The number of aliphatic hydroxyl groups is 1. The summed E-state index contributed by atoms with van der Waals surface area (Å²) in [6.45, 7) is 6.24. The van der Waals surface area contributed by atoms with Crippen molar-refractivity contribution < 1.29 is 5.11 Å². The van der Waals surface area contributed by atoms with E-state index in [4.69, 9.17) is 0 Å². The highest BCUT2D eigenvalue weighted by Crippen LogP contribution is 2.18. The highest BCUT2D eigenvalue weighted by Gasteiger charge is 2.24. The van der Waals surface area contributed by atoms with Gasteiger partial charge in [-0.1, -0.05) is 25.6 Å². The van der Waals surface area contributed by atoms with E-state index in [0.29, 0.717) is 6.04 Å². The minimum Gasteiger partial charge on any atom is -0.394 e. The van der Waals surface area contributed by atoms with Gasteiger partial charge in [-0.3, -0.25) is 0 Å². The molecule has 2 N–H and O–H groups in total. The van der Waals surface area contributed by atoms with Crippen LogP contribution in [0.1, 0.15) is 20.8 Å². The maximum atomic E-state index is 9.40. The molecule has 0 aliphatic heterocycles. The molecule has 1 aromatic rings. The molecule has 0 spiro atoms. The van der Waals surface area contributed by atoms with Crippen LogP contribution in [-0.2, 0) is 0 Å². The molecule has 1 atom stereocenters. The molecule has 5 heteroatoms. The third kappa shape index (κ3) is 4.47. The smallest absolute Gasteiger partial charge is 0.187 e. The second kappa shape index (κ2) is 6.18. The molecule has 0 radical (unpaired) electrons. The first kappa shape index (κ1) is 13.4. The van der Waals surface area contributed by atoms with Crippen LogP contribution in [0.3, 0.4) is 0 Å². The fourth-order valence-electron chi connectivity index (χ4n) is 1.41. The maximum absolute atomic E-state index is 9.40. The van der Waals surface area contributed by atoms with Gasteiger partial charge in [-0.05, 0) is 13.0 Å². The summed E-state index contributed by atoms with van der Waals surface area (Å²) in [6, 6.07) is 2.14. The summed E-state index contributed by atoms with van der Waals surface area (Å²) in [5.41, 5.74) is -0.294. The van der Waals surface area contributed by atoms with Gasteiger partial charge in [0.15, 0.2) is 5.16 Å². The van der Waals surface area contributed by atoms with Crippen LogP contribution in [0, 0.1) is 0 Å². The second-order valence-electron chi connectivity index (χ2n) is 4.34. The van der Waals surface area contributed by atoms with E-state index in [0.717, 1.165) is 10.9 Å². The minimum absolute atomic E-state index is 0.102. The third-order valence-electron chi connectivity index (χ3n) is 2.05. The van der Waals surface area contributed by atoms with Gasteiger partial charge >= 0.3 is 0 Å². The van der Waals surface area contributed by atoms with Gasteiger partial charge in [-0.2, -0.15) is 0 Å². The minimum atomic E-state index is -0.294. The molecule has 16 heavy (non-hydrogen) atoms. The first-order valence-corrected chi connectivity index (χ1v) is 6.33. The number of hydrogen-bond donors (Lipinski definition) is 2. The Morgan fingerprint density at radius 2 is 2.06 bits per heavy atom. The van der Waals surface area contributed by atoms with Crippen LogP contribution in [0.15, 0.2) is 23.6 Å². The quantitative estimate of drug-likeness (QED) is 0.581. The molecule has 0 aliphatic carbocycles. The van der Waals surface area contributed by atoms with Crippen molar-refractivity contribution in [3.8, 4) is 0 Å². The normalized spacial score (nSPS) is 15.1. The Morgan fingerprint density at radius 3 is 2.56 bits per heavy atom. The topological polar surface area (TPSA) is 58.0 Å². The number of nitrogens with zero attached hydrogens (tertiary/aromatic N) is 2. The lowest BCUT2D eigenvalue weighted by Crippen LogP contribution is -2.51. The van der Waals surface area contributed by atoms with Crippen molar-refractivity contribution in [3.05, 3.63) is 18.5 Å². The van der Waals surface area contributed by atoms with E-state index in [9.17, 15) is 5.11 Å². The molecule has 0 fully saturated rings. The Morgan fingerprint density at radius 1 is 1.44 bits per heavy atom. The van der Waals surface area contributed by atoms with Gasteiger partial charge in [0.2, 0.25) is 0 Å². The molecule has 1 heterocycles. The molecule has 0 aliphatic rings. The van der Waals surface area contributed by atoms with E-state index < -0.39 is 0 Å². The zero-order valence-electron chi connectivity index (χ0n) is 9.97. The molecule has 1 unspecified atom stereocenters. The zero-order valence-corrected chi connectivity index (χ0v) is 10.8. The van der Waals surface area contributed by atoms with Crippen molar-refractivity contribution in [1.82, 2.24) is 15.3 Å². The molecular weight excluding hydrogens is 222 g/mol. The summed E-state index contributed by atoms with van der Waals surface area (Å²) < 4.78 is 0. The number of aliphatic hydroxyl groups excluding tert-OH is 1. The van der Waals surface area contributed by atoms with Crippen molar-refractivity contribution in [3.63, 3.8) is 0 Å². The van der Waals surface area contributed by atoms with E-state index in [1.807, 2.05) is 6.92 Å². The first-order valence-electron chi connectivity index (χ1n) is 5.34. The summed E-state index contributed by atoms with van der Waals surface area (Å²) in [4.78, 5) is 8.28. The molecule has 90 valence electrons. The first-order chi connectivity index (χ1) is 7.56. The van der Waals surface area contributed by atoms with E-state index in [-0.39, 0.29) is 12.1 Å². The summed E-state index contributed by atoms with van der Waals surface area (Å²) in [5, 5.41) is 13.5. The predicted molar refractivity (Wildman–Crippen MR) is 66.5 cm³/mol. The lowest BCUT2D eigenvalue weighted by Gasteiger charge is -2.30. The Hall–Kier alpha value is -0.650. The number of hydrogen-bond acceptors (Lipinski definition) is 5. The van der Waals surface area contributed by atoms with Crippen molar-refractivity contribution in [2.75, 3.05) is 12.4 Å². The monoisotopic (exact) mass is 241 g/mol. The van der Waals surface area contributed by atoms with E-state index >= 15 is 0 Å². The van der Waals surface area contributed by atoms with Gasteiger partial charge < -0.3 is 10.4 Å². The molecular formula is C11H19N3OS. The second-order valence-corrected chi connectivity index (χ2v) is 5.28. The van der Waals surface area contributed by atoms with Crippen LogP contribution in [0.25, 0.3) is 0 Å². The number of nitrogens with one attached hydrogen (secondary N) is 1. The van der Waals surface area contributed by atoms with E-state index in [1.54, 1.807) is 30.2 Å². The van der Waals surface area contributed by atoms with Crippen LogP contribution in [0.5, 0.6) is 0 Å². The summed E-state index contributed by atoms with van der Waals surface area (Å²) >= 11 is 1.55. The average Bonchev–Trinajstić information content (AvgIpc) is 2.27. The largest absolute Gasteiger partial charge is 0.394 e. The SMILES string of the molecule is CC(C)NC(C)(CO)CSc1ncccn1. The van der Waals surface area contributed by atoms with Gasteiger partial charge in [-0.25, -0.2) is 9.97 Å². The molecule has 0 saturated heterocycles. The predicted octanol–water partition coefficient (Wildman–Crippen LogP) is 1.32. The van der Waals surface area contributed by atoms with Gasteiger partial charge in [0.1, 0.15) is 0 Å². The van der Waals surface area contributed by atoms with E-state index in [1.165, 1.54) is 0 Å². The lowest BCUT2D eigenvalue weighted by molar-refractivity contribution is 0.183. The van der Waals surface area contributed by atoms with Crippen molar-refractivity contribution >= 4 is 11.8 Å².